The van der Waals surface area contributed by atoms with Gasteiger partial charge in [-0.2, -0.15) is 0 Å². The fraction of sp³-hybridized carbons (Fsp3) is 0.917. The van der Waals surface area contributed by atoms with Crippen LogP contribution in [0.2, 0.25) is 0 Å². The Morgan fingerprint density at radius 3 is 2.52 bits per heavy atom. The second-order valence-electron chi connectivity index (χ2n) is 10.8. The van der Waals surface area contributed by atoms with Crippen molar-refractivity contribution in [3.8, 4) is 0 Å². The summed E-state index contributed by atoms with van der Waals surface area (Å²) in [6.07, 6.45) is 10.5. The summed E-state index contributed by atoms with van der Waals surface area (Å²) in [4.78, 5) is 33.3. The lowest BCUT2D eigenvalue weighted by molar-refractivity contribution is -0.135. The van der Waals surface area contributed by atoms with Crippen LogP contribution in [0.4, 0.5) is 0 Å². The molecule has 174 valence electrons. The summed E-state index contributed by atoms with van der Waals surface area (Å²) in [5.74, 6) is 1.07. The molecule has 7 nitrogen and oxygen atoms in total. The summed E-state index contributed by atoms with van der Waals surface area (Å²) >= 11 is 0. The van der Waals surface area contributed by atoms with Crippen LogP contribution in [0.5, 0.6) is 0 Å². The van der Waals surface area contributed by atoms with E-state index < -0.39 is 0 Å². The first-order valence-corrected chi connectivity index (χ1v) is 12.7. The van der Waals surface area contributed by atoms with E-state index in [1.165, 1.54) is 38.5 Å². The van der Waals surface area contributed by atoms with Crippen molar-refractivity contribution in [2.24, 2.45) is 5.92 Å². The Kier molecular flexibility index (Phi) is 6.28. The molecular formula is C24H40N4O3. The summed E-state index contributed by atoms with van der Waals surface area (Å²) in [5, 5.41) is 3.38. The molecule has 1 saturated carbocycles. The normalized spacial score (nSPS) is 32.8. The molecule has 31 heavy (non-hydrogen) atoms. The maximum atomic E-state index is 13.2. The molecule has 0 bridgehead atoms. The summed E-state index contributed by atoms with van der Waals surface area (Å²) in [6, 6.07) is 0.695. The van der Waals surface area contributed by atoms with Crippen molar-refractivity contribution in [3.05, 3.63) is 0 Å². The van der Waals surface area contributed by atoms with Gasteiger partial charge in [0, 0.05) is 44.9 Å². The number of nitrogens with zero attached hydrogens (tertiary/aromatic N) is 3. The SMILES string of the molecule is CN(C1CCC1)[C@H]1C[C@H]2C(=O)NC3(CCN(CCC4CCOCC4)CC3)CC(=O)N2C1. The highest BCUT2D eigenvalue weighted by molar-refractivity contribution is 5.92. The number of nitrogens with one attached hydrogen (secondary N) is 1. The Balaban J connectivity index is 1.15. The standard InChI is InChI=1S/C24H40N4O3/c1-26(19-3-2-4-19)20-15-21-23(30)25-24(16-22(29)28(21)17-20)8-11-27(12-9-24)10-5-18-6-13-31-14-7-18/h18-21H,2-17H2,1H3,(H,25,30)/t20-,21-/m0/s1. The van der Waals surface area contributed by atoms with Gasteiger partial charge in [-0.1, -0.05) is 6.42 Å². The third kappa shape index (κ3) is 4.51. The van der Waals surface area contributed by atoms with Crippen molar-refractivity contribution in [1.29, 1.82) is 0 Å². The Bertz CT molecular complexity index is 640. The highest BCUT2D eigenvalue weighted by Crippen LogP contribution is 2.35. The minimum absolute atomic E-state index is 0.0889. The summed E-state index contributed by atoms with van der Waals surface area (Å²) in [7, 11) is 2.18. The summed E-state index contributed by atoms with van der Waals surface area (Å²) < 4.78 is 5.48. The van der Waals surface area contributed by atoms with Crippen LogP contribution in [0.1, 0.15) is 64.2 Å². The van der Waals surface area contributed by atoms with Gasteiger partial charge in [-0.15, -0.1) is 0 Å². The van der Waals surface area contributed by atoms with Crippen LogP contribution in [0.3, 0.4) is 0 Å². The van der Waals surface area contributed by atoms with E-state index >= 15 is 0 Å². The number of ether oxygens (including phenoxy) is 1. The number of piperidine rings is 1. The van der Waals surface area contributed by atoms with Crippen LogP contribution in [-0.2, 0) is 14.3 Å². The van der Waals surface area contributed by atoms with Gasteiger partial charge in [-0.3, -0.25) is 14.5 Å². The molecule has 4 aliphatic heterocycles. The van der Waals surface area contributed by atoms with Crippen LogP contribution in [0.25, 0.3) is 0 Å². The highest BCUT2D eigenvalue weighted by Gasteiger charge is 2.50. The number of hydrogen-bond acceptors (Lipinski definition) is 5. The van der Waals surface area contributed by atoms with Crippen LogP contribution >= 0.6 is 0 Å². The van der Waals surface area contributed by atoms with Crippen LogP contribution < -0.4 is 5.32 Å². The molecule has 0 radical (unpaired) electrons. The number of amides is 2. The Morgan fingerprint density at radius 2 is 1.84 bits per heavy atom. The third-order valence-corrected chi connectivity index (χ3v) is 9.01. The van der Waals surface area contributed by atoms with Crippen LogP contribution in [0.15, 0.2) is 0 Å². The first kappa shape index (κ1) is 21.7. The molecule has 1 N–H and O–H groups in total. The lowest BCUT2D eigenvalue weighted by Gasteiger charge is -2.42. The molecule has 0 aromatic carbocycles. The van der Waals surface area contributed by atoms with E-state index in [4.69, 9.17) is 4.74 Å². The third-order valence-electron chi connectivity index (χ3n) is 9.01. The van der Waals surface area contributed by atoms with Gasteiger partial charge in [0.05, 0.1) is 12.0 Å². The zero-order valence-corrected chi connectivity index (χ0v) is 19.2. The zero-order valence-electron chi connectivity index (χ0n) is 19.2. The number of fused-ring (bicyclic) bond motifs is 1. The smallest absolute Gasteiger partial charge is 0.243 e. The molecular weight excluding hydrogens is 392 g/mol. The lowest BCUT2D eigenvalue weighted by Crippen LogP contribution is -2.56. The topological polar surface area (TPSA) is 65.1 Å². The number of carbonyl (C=O) groups is 2. The molecule has 2 amide bonds. The average molecular weight is 433 g/mol. The zero-order chi connectivity index (χ0) is 21.4. The molecule has 4 saturated heterocycles. The number of likely N-dealkylation sites (tertiary alicyclic amines) is 1. The lowest BCUT2D eigenvalue weighted by atomic mass is 9.83. The molecule has 5 fully saturated rings. The molecule has 0 aromatic rings. The van der Waals surface area contributed by atoms with E-state index in [1.807, 2.05) is 4.90 Å². The minimum atomic E-state index is -0.330. The second kappa shape index (κ2) is 8.99. The van der Waals surface area contributed by atoms with Crippen LogP contribution in [0, 0.1) is 5.92 Å². The van der Waals surface area contributed by atoms with Crippen molar-refractivity contribution in [2.75, 3.05) is 46.4 Å². The molecule has 2 atom stereocenters. The maximum absolute atomic E-state index is 13.2. The van der Waals surface area contributed by atoms with Crippen molar-refractivity contribution >= 4 is 11.8 Å². The van der Waals surface area contributed by atoms with E-state index in [1.54, 1.807) is 0 Å². The largest absolute Gasteiger partial charge is 0.381 e. The van der Waals surface area contributed by atoms with Gasteiger partial charge < -0.3 is 19.9 Å². The Labute approximate surface area is 186 Å². The van der Waals surface area contributed by atoms with Crippen molar-refractivity contribution < 1.29 is 14.3 Å². The minimum Gasteiger partial charge on any atom is -0.381 e. The maximum Gasteiger partial charge on any atom is 0.243 e. The first-order chi connectivity index (χ1) is 15.0. The monoisotopic (exact) mass is 432 g/mol. The van der Waals surface area contributed by atoms with Gasteiger partial charge in [0.2, 0.25) is 11.8 Å². The van der Waals surface area contributed by atoms with Gasteiger partial charge in [0.1, 0.15) is 6.04 Å². The van der Waals surface area contributed by atoms with Gasteiger partial charge in [0.15, 0.2) is 0 Å². The molecule has 0 unspecified atom stereocenters. The van der Waals surface area contributed by atoms with Crippen molar-refractivity contribution in [1.82, 2.24) is 20.0 Å². The van der Waals surface area contributed by atoms with E-state index in [-0.39, 0.29) is 23.4 Å². The van der Waals surface area contributed by atoms with E-state index in [0.717, 1.165) is 64.6 Å². The highest BCUT2D eigenvalue weighted by atomic mass is 16.5. The van der Waals surface area contributed by atoms with Gasteiger partial charge in [0.25, 0.3) is 0 Å². The molecule has 1 spiro atoms. The molecule has 0 aromatic heterocycles. The number of rotatable bonds is 5. The van der Waals surface area contributed by atoms with Gasteiger partial charge in [-0.25, -0.2) is 0 Å². The Hall–Kier alpha value is -1.18. The fourth-order valence-electron chi connectivity index (χ4n) is 6.41. The van der Waals surface area contributed by atoms with Gasteiger partial charge in [-0.05, 0) is 70.9 Å². The molecule has 1 aliphatic carbocycles. The number of likely N-dealkylation sites (N-methyl/N-ethyl adjacent to an activating group) is 1. The summed E-state index contributed by atoms with van der Waals surface area (Å²) in [6.45, 7) is 5.64. The average Bonchev–Trinajstić information content (AvgIpc) is 3.16. The number of hydrogen-bond donors (Lipinski definition) is 1. The van der Waals surface area contributed by atoms with Crippen molar-refractivity contribution in [2.45, 2.75) is 87.9 Å². The first-order valence-electron chi connectivity index (χ1n) is 12.7. The van der Waals surface area contributed by atoms with Crippen LogP contribution in [-0.4, -0.2) is 96.6 Å². The molecule has 7 heteroatoms. The van der Waals surface area contributed by atoms with E-state index in [2.05, 4.69) is 22.2 Å². The summed E-state index contributed by atoms with van der Waals surface area (Å²) in [5.41, 5.74) is -0.330. The van der Waals surface area contributed by atoms with Crippen molar-refractivity contribution in [3.63, 3.8) is 0 Å². The molecule has 5 rings (SSSR count). The predicted octanol–water partition coefficient (Wildman–Crippen LogP) is 1.61. The van der Waals surface area contributed by atoms with Gasteiger partial charge >= 0.3 is 0 Å². The fourth-order valence-corrected chi connectivity index (χ4v) is 6.41. The predicted molar refractivity (Wildman–Crippen MR) is 119 cm³/mol. The van der Waals surface area contributed by atoms with E-state index in [0.29, 0.717) is 18.5 Å². The quantitative estimate of drug-likeness (QED) is 0.715. The second-order valence-corrected chi connectivity index (χ2v) is 10.8. The van der Waals surface area contributed by atoms with E-state index in [9.17, 15) is 9.59 Å². The Morgan fingerprint density at radius 1 is 1.10 bits per heavy atom. The number of carbonyl (C=O) groups excluding carboxylic acids is 2. The molecule has 5 aliphatic rings. The molecule has 4 heterocycles.